The molecule has 5 nitrogen and oxygen atoms in total. The lowest BCUT2D eigenvalue weighted by Crippen LogP contribution is -2.12. The van der Waals surface area contributed by atoms with Gasteiger partial charge in [-0.2, -0.15) is 18.2 Å². The SMILES string of the molecule is Nc1nc2[nH]c(-c3ccccc3)c(-c3ccccc3C(F)(F)F)c2c(=O)[nH]1. The molecular weight excluding hydrogens is 357 g/mol. The normalized spacial score (nSPS) is 11.8. The van der Waals surface area contributed by atoms with Crippen molar-refractivity contribution in [3.8, 4) is 22.4 Å². The van der Waals surface area contributed by atoms with Gasteiger partial charge in [0.2, 0.25) is 5.95 Å². The first-order valence-corrected chi connectivity index (χ1v) is 7.99. The van der Waals surface area contributed by atoms with Gasteiger partial charge >= 0.3 is 6.18 Å². The van der Waals surface area contributed by atoms with Gasteiger partial charge < -0.3 is 10.7 Å². The van der Waals surface area contributed by atoms with Crippen molar-refractivity contribution in [1.29, 1.82) is 0 Å². The molecule has 136 valence electrons. The van der Waals surface area contributed by atoms with Gasteiger partial charge in [0.15, 0.2) is 0 Å². The van der Waals surface area contributed by atoms with Crippen LogP contribution < -0.4 is 11.3 Å². The maximum Gasteiger partial charge on any atom is 0.417 e. The molecule has 0 spiro atoms. The first-order valence-electron chi connectivity index (χ1n) is 7.99. The second kappa shape index (κ2) is 6.01. The van der Waals surface area contributed by atoms with Gasteiger partial charge in [0.25, 0.3) is 5.56 Å². The molecule has 4 aromatic rings. The van der Waals surface area contributed by atoms with Crippen molar-refractivity contribution in [2.24, 2.45) is 0 Å². The molecule has 0 aliphatic heterocycles. The standard InChI is InChI=1S/C19H13F3N4O/c20-19(21,22)12-9-5-4-8-11(12)13-14-16(25-18(23)26-17(14)27)24-15(13)10-6-2-1-3-7-10/h1-9H,(H4,23,24,25,26,27). The van der Waals surface area contributed by atoms with Crippen molar-refractivity contribution in [2.45, 2.75) is 6.18 Å². The van der Waals surface area contributed by atoms with Crippen molar-refractivity contribution < 1.29 is 13.2 Å². The molecule has 0 bridgehead atoms. The Balaban J connectivity index is 2.17. The molecule has 0 fully saturated rings. The molecule has 0 aliphatic carbocycles. The van der Waals surface area contributed by atoms with Crippen LogP contribution in [0.1, 0.15) is 5.56 Å². The lowest BCUT2D eigenvalue weighted by atomic mass is 9.95. The Morgan fingerprint density at radius 1 is 0.926 bits per heavy atom. The van der Waals surface area contributed by atoms with Gasteiger partial charge in [0.1, 0.15) is 5.65 Å². The Hall–Kier alpha value is -3.55. The molecule has 2 aromatic carbocycles. The largest absolute Gasteiger partial charge is 0.417 e. The molecule has 0 atom stereocenters. The number of rotatable bonds is 2. The highest BCUT2D eigenvalue weighted by Gasteiger charge is 2.35. The van der Waals surface area contributed by atoms with Gasteiger partial charge in [-0.25, -0.2) is 0 Å². The number of fused-ring (bicyclic) bond motifs is 1. The zero-order chi connectivity index (χ0) is 19.2. The molecule has 27 heavy (non-hydrogen) atoms. The average molecular weight is 370 g/mol. The van der Waals surface area contributed by atoms with E-state index in [1.807, 2.05) is 0 Å². The third-order valence-electron chi connectivity index (χ3n) is 4.25. The fraction of sp³-hybridized carbons (Fsp3) is 0.0526. The first kappa shape index (κ1) is 16.9. The van der Waals surface area contributed by atoms with Crippen molar-refractivity contribution in [3.63, 3.8) is 0 Å². The number of hydrogen-bond acceptors (Lipinski definition) is 3. The Morgan fingerprint density at radius 3 is 2.30 bits per heavy atom. The average Bonchev–Trinajstić information content (AvgIpc) is 3.01. The zero-order valence-electron chi connectivity index (χ0n) is 13.8. The monoisotopic (exact) mass is 370 g/mol. The van der Waals surface area contributed by atoms with Crippen molar-refractivity contribution in [1.82, 2.24) is 15.0 Å². The smallest absolute Gasteiger partial charge is 0.369 e. The zero-order valence-corrected chi connectivity index (χ0v) is 13.8. The lowest BCUT2D eigenvalue weighted by Gasteiger charge is -2.13. The van der Waals surface area contributed by atoms with E-state index in [4.69, 9.17) is 5.73 Å². The van der Waals surface area contributed by atoms with Gasteiger partial charge in [0.05, 0.1) is 16.6 Å². The predicted molar refractivity (Wildman–Crippen MR) is 97.0 cm³/mol. The summed E-state index contributed by atoms with van der Waals surface area (Å²) in [6.45, 7) is 0. The number of hydrogen-bond donors (Lipinski definition) is 3. The summed E-state index contributed by atoms with van der Waals surface area (Å²) in [7, 11) is 0. The van der Waals surface area contributed by atoms with Crippen LogP contribution in [-0.2, 0) is 6.18 Å². The first-order chi connectivity index (χ1) is 12.9. The molecule has 0 aliphatic rings. The number of H-pyrrole nitrogens is 2. The summed E-state index contributed by atoms with van der Waals surface area (Å²) in [5.74, 6) is -0.121. The van der Waals surface area contributed by atoms with E-state index in [1.54, 1.807) is 30.3 Å². The van der Waals surface area contributed by atoms with Crippen LogP contribution in [0.3, 0.4) is 0 Å². The van der Waals surface area contributed by atoms with Crippen LogP contribution in [0.5, 0.6) is 0 Å². The Morgan fingerprint density at radius 2 is 1.59 bits per heavy atom. The fourth-order valence-electron chi connectivity index (χ4n) is 3.16. The molecule has 2 heterocycles. The summed E-state index contributed by atoms with van der Waals surface area (Å²) in [5.41, 5.74) is 5.30. The number of aromatic nitrogens is 3. The van der Waals surface area contributed by atoms with Crippen molar-refractivity contribution >= 4 is 17.0 Å². The topological polar surface area (TPSA) is 87.6 Å². The predicted octanol–water partition coefficient (Wildman–Crippen LogP) is 4.19. The minimum atomic E-state index is -4.58. The second-order valence-corrected chi connectivity index (χ2v) is 5.96. The van der Waals surface area contributed by atoms with Crippen LogP contribution in [0, 0.1) is 0 Å². The molecule has 0 saturated heterocycles. The maximum atomic E-state index is 13.6. The van der Waals surface area contributed by atoms with Crippen LogP contribution in [0.4, 0.5) is 19.1 Å². The minimum absolute atomic E-state index is 0.0275. The van der Waals surface area contributed by atoms with Crippen LogP contribution in [0.2, 0.25) is 0 Å². The molecule has 2 aromatic heterocycles. The highest BCUT2D eigenvalue weighted by Crippen LogP contribution is 2.42. The van der Waals surface area contributed by atoms with Crippen molar-refractivity contribution in [2.75, 3.05) is 5.73 Å². The number of nitrogens with one attached hydrogen (secondary N) is 2. The summed E-state index contributed by atoms with van der Waals surface area (Å²) in [6, 6.07) is 13.9. The van der Waals surface area contributed by atoms with E-state index < -0.39 is 17.3 Å². The summed E-state index contributed by atoms with van der Waals surface area (Å²) >= 11 is 0. The number of nitrogens with zero attached hydrogens (tertiary/aromatic N) is 1. The quantitative estimate of drug-likeness (QED) is 0.494. The third kappa shape index (κ3) is 2.84. The summed E-state index contributed by atoms with van der Waals surface area (Å²) in [4.78, 5) is 21.9. The van der Waals surface area contributed by atoms with E-state index in [-0.39, 0.29) is 28.1 Å². The third-order valence-corrected chi connectivity index (χ3v) is 4.25. The molecule has 0 unspecified atom stereocenters. The molecule has 0 saturated carbocycles. The van der Waals surface area contributed by atoms with E-state index in [1.165, 1.54) is 18.2 Å². The van der Waals surface area contributed by atoms with E-state index in [0.29, 0.717) is 11.3 Å². The minimum Gasteiger partial charge on any atom is -0.369 e. The van der Waals surface area contributed by atoms with E-state index in [0.717, 1.165) is 6.07 Å². The van der Waals surface area contributed by atoms with Gasteiger partial charge in [-0.1, -0.05) is 48.5 Å². The lowest BCUT2D eigenvalue weighted by molar-refractivity contribution is -0.137. The maximum absolute atomic E-state index is 13.6. The Kier molecular flexibility index (Phi) is 3.76. The van der Waals surface area contributed by atoms with Gasteiger partial charge in [-0.15, -0.1) is 0 Å². The van der Waals surface area contributed by atoms with E-state index >= 15 is 0 Å². The molecular formula is C19H13F3N4O. The molecule has 8 heteroatoms. The van der Waals surface area contributed by atoms with E-state index in [2.05, 4.69) is 15.0 Å². The molecule has 4 rings (SSSR count). The van der Waals surface area contributed by atoms with Gasteiger partial charge in [-0.05, 0) is 17.2 Å². The number of nitrogens with two attached hydrogens (primary N) is 1. The van der Waals surface area contributed by atoms with Crippen molar-refractivity contribution in [3.05, 3.63) is 70.5 Å². The summed E-state index contributed by atoms with van der Waals surface area (Å²) in [6.07, 6.45) is -4.58. The molecule has 4 N–H and O–H groups in total. The van der Waals surface area contributed by atoms with E-state index in [9.17, 15) is 18.0 Å². The number of alkyl halides is 3. The van der Waals surface area contributed by atoms with Gasteiger partial charge in [-0.3, -0.25) is 9.78 Å². The van der Waals surface area contributed by atoms with Crippen LogP contribution in [0.25, 0.3) is 33.4 Å². The summed E-state index contributed by atoms with van der Waals surface area (Å²) in [5, 5.41) is 0.0275. The number of anilines is 1. The molecule has 0 radical (unpaired) electrons. The van der Waals surface area contributed by atoms with Crippen LogP contribution in [0.15, 0.2) is 59.4 Å². The van der Waals surface area contributed by atoms with Crippen LogP contribution >= 0.6 is 0 Å². The Labute approximate surface area is 150 Å². The highest BCUT2D eigenvalue weighted by atomic mass is 19.4. The number of aromatic amines is 2. The highest BCUT2D eigenvalue weighted by molar-refractivity contribution is 6.03. The van der Waals surface area contributed by atoms with Gasteiger partial charge in [0, 0.05) is 5.56 Å². The summed E-state index contributed by atoms with van der Waals surface area (Å²) < 4.78 is 40.8. The Bertz CT molecular complexity index is 1190. The fourth-order valence-corrected chi connectivity index (χ4v) is 3.16. The number of halogens is 3. The van der Waals surface area contributed by atoms with Crippen LogP contribution in [-0.4, -0.2) is 15.0 Å². The second-order valence-electron chi connectivity index (χ2n) is 5.96. The number of benzene rings is 2. The molecule has 0 amide bonds. The number of nitrogen functional groups attached to an aromatic ring is 1.